The Kier molecular flexibility index (Phi) is 7.14. The van der Waals surface area contributed by atoms with E-state index in [1.54, 1.807) is 15.6 Å². The number of fused-ring (bicyclic) bond motifs is 1. The van der Waals surface area contributed by atoms with Gasteiger partial charge in [0.15, 0.2) is 5.65 Å². The van der Waals surface area contributed by atoms with Crippen molar-refractivity contribution in [3.05, 3.63) is 93.7 Å². The predicted octanol–water partition coefficient (Wildman–Crippen LogP) is 5.49. The minimum atomic E-state index is -0.274. The van der Waals surface area contributed by atoms with Gasteiger partial charge < -0.3 is 15.0 Å². The van der Waals surface area contributed by atoms with E-state index < -0.39 is 0 Å². The van der Waals surface area contributed by atoms with Crippen LogP contribution in [0.4, 0.5) is 10.6 Å². The number of ether oxygens (including phenoxy) is 1. The quantitative estimate of drug-likeness (QED) is 0.344. The highest BCUT2D eigenvalue weighted by Gasteiger charge is 2.26. The van der Waals surface area contributed by atoms with Crippen molar-refractivity contribution in [3.8, 4) is 6.07 Å². The van der Waals surface area contributed by atoms with Crippen molar-refractivity contribution in [1.82, 2.24) is 19.5 Å². The van der Waals surface area contributed by atoms with Crippen LogP contribution in [0.25, 0.3) is 5.65 Å². The Bertz CT molecular complexity index is 1390. The zero-order chi connectivity index (χ0) is 24.9. The number of nitrogens with zero attached hydrogens (tertiary/aromatic N) is 5. The Morgan fingerprint density at radius 3 is 2.58 bits per heavy atom. The second-order valence-electron chi connectivity index (χ2n) is 8.76. The van der Waals surface area contributed by atoms with Gasteiger partial charge in [0.2, 0.25) is 0 Å². The van der Waals surface area contributed by atoms with Gasteiger partial charge in [0.25, 0.3) is 0 Å². The van der Waals surface area contributed by atoms with E-state index in [4.69, 9.17) is 15.0 Å². The first-order valence-corrected chi connectivity index (χ1v) is 12.6. The summed E-state index contributed by atoms with van der Waals surface area (Å²) in [5.74, 6) is 1.07. The number of piperidine rings is 1. The normalized spacial score (nSPS) is 13.9. The fourth-order valence-corrected chi connectivity index (χ4v) is 4.70. The Balaban J connectivity index is 1.25. The Morgan fingerprint density at radius 2 is 1.86 bits per heavy atom. The van der Waals surface area contributed by atoms with Crippen LogP contribution >= 0.6 is 15.9 Å². The molecular weight excluding hydrogens is 520 g/mol. The van der Waals surface area contributed by atoms with Crippen molar-refractivity contribution in [2.45, 2.75) is 31.9 Å². The third kappa shape index (κ3) is 5.34. The minimum absolute atomic E-state index is 0.227. The minimum Gasteiger partial charge on any atom is -0.445 e. The standard InChI is InChI=1S/C27H25BrN6O2/c28-23-17-31-34-25(30-16-20-8-6-19(15-29)7-9-20)14-24(32-26(23)34)22-10-12-33(13-11-22)27(35)36-18-21-4-2-1-3-5-21/h1-9,14,17,22,30H,10-13,16,18H2. The first kappa shape index (κ1) is 23.8. The molecule has 1 amide bonds. The molecule has 5 rings (SSSR count). The summed E-state index contributed by atoms with van der Waals surface area (Å²) in [7, 11) is 0. The maximum atomic E-state index is 12.6. The third-order valence-electron chi connectivity index (χ3n) is 6.38. The van der Waals surface area contributed by atoms with Crippen molar-refractivity contribution < 1.29 is 9.53 Å². The number of anilines is 1. The van der Waals surface area contributed by atoms with Gasteiger partial charge in [-0.2, -0.15) is 14.9 Å². The predicted molar refractivity (Wildman–Crippen MR) is 139 cm³/mol. The van der Waals surface area contributed by atoms with Gasteiger partial charge in [-0.05, 0) is 52.0 Å². The molecule has 8 nitrogen and oxygen atoms in total. The van der Waals surface area contributed by atoms with E-state index >= 15 is 0 Å². The molecule has 1 N–H and O–H groups in total. The zero-order valence-corrected chi connectivity index (χ0v) is 21.2. The maximum absolute atomic E-state index is 12.6. The van der Waals surface area contributed by atoms with Crippen LogP contribution in [-0.2, 0) is 17.9 Å². The lowest BCUT2D eigenvalue weighted by Crippen LogP contribution is -2.38. The first-order valence-electron chi connectivity index (χ1n) is 11.8. The van der Waals surface area contributed by atoms with Crippen LogP contribution in [0, 0.1) is 11.3 Å². The molecule has 0 spiro atoms. The lowest BCUT2D eigenvalue weighted by molar-refractivity contribution is 0.0868. The summed E-state index contributed by atoms with van der Waals surface area (Å²) in [6.45, 7) is 2.12. The van der Waals surface area contributed by atoms with E-state index in [2.05, 4.69) is 32.4 Å². The Hall–Kier alpha value is -3.90. The van der Waals surface area contributed by atoms with Crippen LogP contribution in [0.15, 0.2) is 71.3 Å². The number of benzene rings is 2. The van der Waals surface area contributed by atoms with Gasteiger partial charge in [-0.25, -0.2) is 9.78 Å². The molecule has 1 saturated heterocycles. The van der Waals surface area contributed by atoms with Gasteiger partial charge in [0.1, 0.15) is 12.4 Å². The van der Waals surface area contributed by atoms with Gasteiger partial charge in [-0.1, -0.05) is 42.5 Å². The highest BCUT2D eigenvalue weighted by molar-refractivity contribution is 9.10. The molecule has 1 aliphatic rings. The van der Waals surface area contributed by atoms with E-state index in [1.165, 1.54) is 0 Å². The molecule has 3 heterocycles. The number of hydrogen-bond donors (Lipinski definition) is 1. The third-order valence-corrected chi connectivity index (χ3v) is 6.94. The molecule has 4 aromatic rings. The fraction of sp³-hybridized carbons (Fsp3) is 0.259. The van der Waals surface area contributed by atoms with Gasteiger partial charge in [-0.3, -0.25) is 0 Å². The lowest BCUT2D eigenvalue weighted by Gasteiger charge is -2.31. The van der Waals surface area contributed by atoms with Crippen LogP contribution in [0.5, 0.6) is 0 Å². The SMILES string of the molecule is N#Cc1ccc(CNc2cc(C3CCN(C(=O)OCc4ccccc4)CC3)nc3c(Br)cnn23)cc1. The number of nitriles is 1. The van der Waals surface area contributed by atoms with Gasteiger partial charge in [-0.15, -0.1) is 0 Å². The van der Waals surface area contributed by atoms with Crippen LogP contribution in [0.2, 0.25) is 0 Å². The number of carbonyl (C=O) groups is 1. The number of rotatable bonds is 6. The summed E-state index contributed by atoms with van der Waals surface area (Å²) in [5.41, 5.74) is 4.40. The Morgan fingerprint density at radius 1 is 1.11 bits per heavy atom. The van der Waals surface area contributed by atoms with Gasteiger partial charge in [0.05, 0.1) is 22.3 Å². The second-order valence-corrected chi connectivity index (χ2v) is 9.61. The topological polar surface area (TPSA) is 95.5 Å². The van der Waals surface area contributed by atoms with Crippen LogP contribution in [-0.4, -0.2) is 38.7 Å². The second kappa shape index (κ2) is 10.8. The summed E-state index contributed by atoms with van der Waals surface area (Å²) in [5, 5.41) is 16.9. The summed E-state index contributed by atoms with van der Waals surface area (Å²) in [6, 6.07) is 21.4. The fourth-order valence-electron chi connectivity index (χ4n) is 4.35. The first-order chi connectivity index (χ1) is 17.6. The number of halogens is 1. The highest BCUT2D eigenvalue weighted by atomic mass is 79.9. The number of carbonyl (C=O) groups excluding carboxylic acids is 1. The average Bonchev–Trinajstić information content (AvgIpc) is 3.32. The van der Waals surface area contributed by atoms with E-state index in [-0.39, 0.29) is 18.6 Å². The molecule has 182 valence electrons. The molecule has 0 radical (unpaired) electrons. The summed E-state index contributed by atoms with van der Waals surface area (Å²) < 4.78 is 8.12. The van der Waals surface area contributed by atoms with Crippen LogP contribution < -0.4 is 5.32 Å². The number of aromatic nitrogens is 3. The monoisotopic (exact) mass is 544 g/mol. The van der Waals surface area contributed by atoms with Crippen molar-refractivity contribution >= 4 is 33.5 Å². The van der Waals surface area contributed by atoms with E-state index in [0.29, 0.717) is 25.2 Å². The number of amides is 1. The molecule has 0 bridgehead atoms. The van der Waals surface area contributed by atoms with Crippen LogP contribution in [0.1, 0.15) is 41.1 Å². The molecule has 0 aliphatic carbocycles. The molecule has 1 fully saturated rings. The van der Waals surface area contributed by atoms with Crippen molar-refractivity contribution in [2.24, 2.45) is 0 Å². The molecule has 0 atom stereocenters. The van der Waals surface area contributed by atoms with Gasteiger partial charge in [0, 0.05) is 37.3 Å². The molecular formula is C27H25BrN6O2. The largest absolute Gasteiger partial charge is 0.445 e. The van der Waals surface area contributed by atoms with E-state index in [9.17, 15) is 4.79 Å². The zero-order valence-electron chi connectivity index (χ0n) is 19.6. The van der Waals surface area contributed by atoms with E-state index in [0.717, 1.165) is 45.6 Å². The maximum Gasteiger partial charge on any atom is 0.410 e. The van der Waals surface area contributed by atoms with E-state index in [1.807, 2.05) is 60.7 Å². The summed E-state index contributed by atoms with van der Waals surface area (Å²) in [6.07, 6.45) is 3.09. The lowest BCUT2D eigenvalue weighted by atomic mass is 9.93. The number of hydrogen-bond acceptors (Lipinski definition) is 6. The number of nitrogens with one attached hydrogen (secondary N) is 1. The molecule has 0 saturated carbocycles. The molecule has 2 aromatic heterocycles. The van der Waals surface area contributed by atoms with Gasteiger partial charge >= 0.3 is 6.09 Å². The Labute approximate surface area is 217 Å². The molecule has 2 aromatic carbocycles. The highest BCUT2D eigenvalue weighted by Crippen LogP contribution is 2.31. The number of likely N-dealkylation sites (tertiary alicyclic amines) is 1. The van der Waals surface area contributed by atoms with Crippen molar-refractivity contribution in [2.75, 3.05) is 18.4 Å². The van der Waals surface area contributed by atoms with Crippen molar-refractivity contribution in [1.29, 1.82) is 5.26 Å². The molecule has 0 unspecified atom stereocenters. The molecule has 36 heavy (non-hydrogen) atoms. The average molecular weight is 545 g/mol. The smallest absolute Gasteiger partial charge is 0.410 e. The summed E-state index contributed by atoms with van der Waals surface area (Å²) in [4.78, 5) is 19.2. The molecule has 9 heteroatoms. The van der Waals surface area contributed by atoms with Crippen molar-refractivity contribution in [3.63, 3.8) is 0 Å². The summed E-state index contributed by atoms with van der Waals surface area (Å²) >= 11 is 3.56. The molecule has 1 aliphatic heterocycles. The van der Waals surface area contributed by atoms with Crippen LogP contribution in [0.3, 0.4) is 0 Å².